The van der Waals surface area contributed by atoms with Gasteiger partial charge in [-0.2, -0.15) is 0 Å². The van der Waals surface area contributed by atoms with E-state index < -0.39 is 0 Å². The number of benzene rings is 1. The summed E-state index contributed by atoms with van der Waals surface area (Å²) < 4.78 is 0. The molecule has 2 heterocycles. The van der Waals surface area contributed by atoms with Crippen LogP contribution in [0, 0.1) is 0 Å². The van der Waals surface area contributed by atoms with Crippen LogP contribution in [0.5, 0.6) is 0 Å². The first kappa shape index (κ1) is 16.0. The molecule has 0 saturated carbocycles. The van der Waals surface area contributed by atoms with E-state index >= 15 is 0 Å². The zero-order valence-electron chi connectivity index (χ0n) is 13.5. The summed E-state index contributed by atoms with van der Waals surface area (Å²) in [6, 6.07) is 7.83. The number of nitrogens with zero attached hydrogens (tertiary/aromatic N) is 2. The lowest BCUT2D eigenvalue weighted by molar-refractivity contribution is -0.128. The Kier molecular flexibility index (Phi) is 4.96. The molecule has 0 spiro atoms. The van der Waals surface area contributed by atoms with E-state index in [9.17, 15) is 9.59 Å². The molecule has 5 heteroatoms. The second kappa shape index (κ2) is 7.13. The number of piperidine rings is 1. The first-order valence-corrected chi connectivity index (χ1v) is 8.57. The van der Waals surface area contributed by atoms with Crippen molar-refractivity contribution in [1.82, 2.24) is 9.80 Å². The number of likely N-dealkylation sites (tertiary alicyclic amines) is 2. The van der Waals surface area contributed by atoms with Gasteiger partial charge < -0.3 is 15.5 Å². The van der Waals surface area contributed by atoms with Gasteiger partial charge in [0.05, 0.1) is 0 Å². The Morgan fingerprint density at radius 3 is 2.57 bits per heavy atom. The molecule has 2 aliphatic heterocycles. The maximum absolute atomic E-state index is 12.7. The molecule has 3 rings (SSSR count). The molecule has 124 valence electrons. The number of hydrogen-bond donors (Lipinski definition) is 1. The molecule has 2 amide bonds. The second-order valence-electron chi connectivity index (χ2n) is 6.50. The van der Waals surface area contributed by atoms with Crippen LogP contribution < -0.4 is 5.73 Å². The van der Waals surface area contributed by atoms with Crippen LogP contribution in [0.1, 0.15) is 48.0 Å². The van der Waals surface area contributed by atoms with Gasteiger partial charge in [-0.1, -0.05) is 12.1 Å². The quantitative estimate of drug-likeness (QED) is 0.920. The summed E-state index contributed by atoms with van der Waals surface area (Å²) in [5.74, 6) is 0.299. The monoisotopic (exact) mass is 315 g/mol. The Morgan fingerprint density at radius 2 is 1.91 bits per heavy atom. The minimum Gasteiger partial charge on any atom is -0.338 e. The lowest BCUT2D eigenvalue weighted by atomic mass is 10.0. The molecule has 23 heavy (non-hydrogen) atoms. The van der Waals surface area contributed by atoms with E-state index in [1.165, 1.54) is 0 Å². The van der Waals surface area contributed by atoms with Crippen LogP contribution >= 0.6 is 0 Å². The van der Waals surface area contributed by atoms with E-state index in [0.717, 1.165) is 44.3 Å². The van der Waals surface area contributed by atoms with Gasteiger partial charge in [0, 0.05) is 44.2 Å². The summed E-state index contributed by atoms with van der Waals surface area (Å²) in [6.45, 7) is 2.81. The first-order chi connectivity index (χ1) is 11.2. The number of carbonyl (C=O) groups excluding carboxylic acids is 2. The van der Waals surface area contributed by atoms with E-state index in [1.54, 1.807) is 0 Å². The summed E-state index contributed by atoms with van der Waals surface area (Å²) in [6.07, 6.45) is 4.81. The third-order valence-electron chi connectivity index (χ3n) is 4.91. The summed E-state index contributed by atoms with van der Waals surface area (Å²) in [4.78, 5) is 28.2. The molecule has 1 atom stereocenters. The summed E-state index contributed by atoms with van der Waals surface area (Å²) >= 11 is 0. The zero-order chi connectivity index (χ0) is 16.2. The van der Waals surface area contributed by atoms with Crippen LogP contribution in [0.15, 0.2) is 24.3 Å². The van der Waals surface area contributed by atoms with Crippen LogP contribution in [0.3, 0.4) is 0 Å². The summed E-state index contributed by atoms with van der Waals surface area (Å²) in [7, 11) is 0. The lowest BCUT2D eigenvalue weighted by Crippen LogP contribution is -2.47. The van der Waals surface area contributed by atoms with E-state index in [2.05, 4.69) is 0 Å². The Morgan fingerprint density at radius 1 is 1.13 bits per heavy atom. The van der Waals surface area contributed by atoms with Crippen LogP contribution in [-0.4, -0.2) is 47.3 Å². The van der Waals surface area contributed by atoms with Crippen molar-refractivity contribution < 1.29 is 9.59 Å². The normalized spacial score (nSPS) is 21.8. The molecule has 2 N–H and O–H groups in total. The van der Waals surface area contributed by atoms with Gasteiger partial charge in [-0.05, 0) is 43.4 Å². The number of nitrogens with two attached hydrogens (primary N) is 1. The van der Waals surface area contributed by atoms with Gasteiger partial charge in [-0.15, -0.1) is 0 Å². The molecule has 0 bridgehead atoms. The Hall–Kier alpha value is -1.88. The van der Waals surface area contributed by atoms with Crippen LogP contribution in [0.25, 0.3) is 0 Å². The maximum Gasteiger partial charge on any atom is 0.254 e. The van der Waals surface area contributed by atoms with Crippen molar-refractivity contribution in [3.63, 3.8) is 0 Å². The number of carbonyl (C=O) groups is 2. The summed E-state index contributed by atoms with van der Waals surface area (Å²) in [5, 5.41) is 0. The third-order valence-corrected chi connectivity index (χ3v) is 4.91. The smallest absolute Gasteiger partial charge is 0.254 e. The average Bonchev–Trinajstić information content (AvgIpc) is 3.00. The molecular formula is C18H25N3O2. The van der Waals surface area contributed by atoms with E-state index in [1.807, 2.05) is 34.1 Å². The largest absolute Gasteiger partial charge is 0.338 e. The first-order valence-electron chi connectivity index (χ1n) is 8.57. The predicted molar refractivity (Wildman–Crippen MR) is 88.8 cm³/mol. The summed E-state index contributed by atoms with van der Waals surface area (Å²) in [5.41, 5.74) is 7.59. The van der Waals surface area contributed by atoms with Gasteiger partial charge in [-0.3, -0.25) is 9.59 Å². The van der Waals surface area contributed by atoms with Crippen molar-refractivity contribution >= 4 is 11.8 Å². The Labute approximate surface area is 137 Å². The third kappa shape index (κ3) is 3.55. The van der Waals surface area contributed by atoms with E-state index in [-0.39, 0.29) is 17.9 Å². The highest BCUT2D eigenvalue weighted by atomic mass is 16.2. The number of rotatable bonds is 4. The second-order valence-corrected chi connectivity index (χ2v) is 6.50. The fourth-order valence-corrected chi connectivity index (χ4v) is 3.52. The SMILES string of the molecule is NC[C@@H]1CCCCN1C(=O)c1ccc(CN2CCCC2=O)cc1. The Bertz CT molecular complexity index is 570. The molecule has 2 saturated heterocycles. The van der Waals surface area contributed by atoms with Gasteiger partial charge in [0.1, 0.15) is 0 Å². The topological polar surface area (TPSA) is 66.6 Å². The highest BCUT2D eigenvalue weighted by Gasteiger charge is 2.26. The molecular weight excluding hydrogens is 290 g/mol. The fourth-order valence-electron chi connectivity index (χ4n) is 3.52. The lowest BCUT2D eigenvalue weighted by Gasteiger charge is -2.35. The Balaban J connectivity index is 1.66. The van der Waals surface area contributed by atoms with E-state index in [4.69, 9.17) is 5.73 Å². The van der Waals surface area contributed by atoms with Crippen molar-refractivity contribution in [2.24, 2.45) is 5.73 Å². The molecule has 2 aliphatic rings. The predicted octanol–water partition coefficient (Wildman–Crippen LogP) is 1.76. The van der Waals surface area contributed by atoms with Crippen LogP contribution in [0.2, 0.25) is 0 Å². The minimum atomic E-state index is 0.0731. The molecule has 0 radical (unpaired) electrons. The van der Waals surface area contributed by atoms with Crippen molar-refractivity contribution in [2.45, 2.75) is 44.7 Å². The highest BCUT2D eigenvalue weighted by molar-refractivity contribution is 5.94. The molecule has 2 fully saturated rings. The van der Waals surface area contributed by atoms with E-state index in [0.29, 0.717) is 25.1 Å². The molecule has 0 aliphatic carbocycles. The van der Waals surface area contributed by atoms with Gasteiger partial charge in [0.2, 0.25) is 5.91 Å². The number of amides is 2. The van der Waals surface area contributed by atoms with Crippen molar-refractivity contribution in [1.29, 1.82) is 0 Å². The molecule has 1 aromatic carbocycles. The van der Waals surface area contributed by atoms with Crippen molar-refractivity contribution in [2.75, 3.05) is 19.6 Å². The number of hydrogen-bond acceptors (Lipinski definition) is 3. The standard InChI is InChI=1S/C18H25N3O2/c19-12-16-4-1-2-11-21(16)18(23)15-8-6-14(7-9-15)13-20-10-3-5-17(20)22/h6-9,16H,1-5,10-13,19H2/t16-/m0/s1. The highest BCUT2D eigenvalue weighted by Crippen LogP contribution is 2.20. The van der Waals surface area contributed by atoms with Crippen molar-refractivity contribution in [3.05, 3.63) is 35.4 Å². The van der Waals surface area contributed by atoms with Gasteiger partial charge in [0.25, 0.3) is 5.91 Å². The molecule has 1 aromatic rings. The van der Waals surface area contributed by atoms with Crippen LogP contribution in [0.4, 0.5) is 0 Å². The minimum absolute atomic E-state index is 0.0731. The van der Waals surface area contributed by atoms with Crippen LogP contribution in [-0.2, 0) is 11.3 Å². The van der Waals surface area contributed by atoms with Gasteiger partial charge in [0.15, 0.2) is 0 Å². The molecule has 5 nitrogen and oxygen atoms in total. The van der Waals surface area contributed by atoms with Gasteiger partial charge in [-0.25, -0.2) is 0 Å². The maximum atomic E-state index is 12.7. The van der Waals surface area contributed by atoms with Crippen molar-refractivity contribution in [3.8, 4) is 0 Å². The molecule has 0 unspecified atom stereocenters. The fraction of sp³-hybridized carbons (Fsp3) is 0.556. The molecule has 0 aromatic heterocycles. The zero-order valence-corrected chi connectivity index (χ0v) is 13.5. The average molecular weight is 315 g/mol. The van der Waals surface area contributed by atoms with Gasteiger partial charge >= 0.3 is 0 Å².